The minimum absolute atomic E-state index is 0.0111. The van der Waals surface area contributed by atoms with Crippen molar-refractivity contribution in [1.82, 2.24) is 14.3 Å². The van der Waals surface area contributed by atoms with E-state index in [0.717, 1.165) is 13.0 Å². The molecule has 1 unspecified atom stereocenters. The minimum atomic E-state index is -3.21. The number of aryl methyl sites for hydroxylation is 1. The van der Waals surface area contributed by atoms with Crippen LogP contribution in [0.1, 0.15) is 22.7 Å². The molecule has 0 fully saturated rings. The molecule has 0 saturated heterocycles. The van der Waals surface area contributed by atoms with Crippen molar-refractivity contribution in [2.75, 3.05) is 0 Å². The molecule has 1 atom stereocenters. The molecule has 0 bridgehead atoms. The Hall–Kier alpha value is -2.33. The summed E-state index contributed by atoms with van der Waals surface area (Å²) in [5.41, 5.74) is -2.51. The third kappa shape index (κ3) is 3.40. The Kier molecular flexibility index (Phi) is 5.23. The number of aromatic nitrogens is 3. The lowest BCUT2D eigenvalue weighted by molar-refractivity contribution is -0.135. The average Bonchev–Trinajstić information content (AvgIpc) is 2.80. The number of carbonyl (C=O) groups excluding carboxylic acids is 1. The van der Waals surface area contributed by atoms with Crippen LogP contribution in [0.15, 0.2) is 16.9 Å². The number of carbonyl (C=O) groups is 2. The van der Waals surface area contributed by atoms with Crippen molar-refractivity contribution in [3.63, 3.8) is 0 Å². The van der Waals surface area contributed by atoms with Gasteiger partial charge in [-0.3, -0.25) is 9.59 Å². The second-order valence-electron chi connectivity index (χ2n) is 4.74. The smallest absolute Gasteiger partial charge is 0.355 e. The molecule has 1 aromatic heterocycles. The third-order valence-corrected chi connectivity index (χ3v) is 3.85. The van der Waals surface area contributed by atoms with Gasteiger partial charge in [0.1, 0.15) is 11.5 Å². The van der Waals surface area contributed by atoms with Gasteiger partial charge in [0.15, 0.2) is 17.0 Å². The molecule has 0 aliphatic carbocycles. The highest BCUT2D eigenvalue weighted by Crippen LogP contribution is 2.25. The number of benzene rings is 1. The van der Waals surface area contributed by atoms with Crippen LogP contribution in [0.4, 0.5) is 13.2 Å². The monoisotopic (exact) mass is 397 g/mol. The van der Waals surface area contributed by atoms with Gasteiger partial charge in [0.25, 0.3) is 0 Å². The van der Waals surface area contributed by atoms with Gasteiger partial charge in [-0.1, -0.05) is 11.6 Å². The number of nitrogens with zero attached hydrogens (tertiary/aromatic N) is 3. The molecule has 134 valence electrons. The summed E-state index contributed by atoms with van der Waals surface area (Å²) >= 11 is 11.1. The highest BCUT2D eigenvalue weighted by Gasteiger charge is 2.28. The van der Waals surface area contributed by atoms with Gasteiger partial charge in [-0.15, -0.1) is 16.7 Å². The maximum atomic E-state index is 14.1. The number of aliphatic carboxylic acids is 1. The van der Waals surface area contributed by atoms with Crippen LogP contribution >= 0.6 is 23.2 Å². The van der Waals surface area contributed by atoms with Crippen LogP contribution < -0.4 is 5.69 Å². The summed E-state index contributed by atoms with van der Waals surface area (Å²) in [5, 5.41) is 9.81. The first-order valence-corrected chi connectivity index (χ1v) is 7.24. The summed E-state index contributed by atoms with van der Waals surface area (Å²) in [6, 6.07) is 1.35. The van der Waals surface area contributed by atoms with Crippen LogP contribution in [-0.4, -0.2) is 36.6 Å². The molecule has 0 saturated carbocycles. The van der Waals surface area contributed by atoms with Crippen molar-refractivity contribution in [2.24, 2.45) is 0 Å². The molecule has 1 N–H and O–H groups in total. The van der Waals surface area contributed by atoms with E-state index in [4.69, 9.17) is 28.3 Å². The van der Waals surface area contributed by atoms with Crippen LogP contribution in [0, 0.1) is 12.7 Å². The minimum Gasteiger partial charge on any atom is -0.480 e. The Labute approximate surface area is 147 Å². The normalized spacial score (nSPS) is 12.4. The first-order chi connectivity index (χ1) is 11.6. The molecule has 12 heteroatoms. The Balaban J connectivity index is 2.67. The topological polar surface area (TPSA) is 94.2 Å². The predicted octanol–water partition coefficient (Wildman–Crippen LogP) is 2.40. The number of carboxylic acid groups (broad SMARTS) is 1. The number of Topliss-reactive ketones (excluding diaryl/α,β-unsaturated/α-hetero) is 1. The van der Waals surface area contributed by atoms with Crippen molar-refractivity contribution in [3.8, 4) is 5.69 Å². The molecule has 0 amide bonds. The van der Waals surface area contributed by atoms with Crippen LogP contribution in [-0.2, 0) is 4.79 Å². The van der Waals surface area contributed by atoms with Crippen molar-refractivity contribution in [2.45, 2.75) is 18.9 Å². The van der Waals surface area contributed by atoms with Gasteiger partial charge in [-0.25, -0.2) is 13.8 Å². The Bertz CT molecular complexity index is 926. The number of ketones is 1. The highest BCUT2D eigenvalue weighted by molar-refractivity contribution is 6.45. The van der Waals surface area contributed by atoms with E-state index < -0.39 is 57.3 Å². The summed E-state index contributed by atoms with van der Waals surface area (Å²) in [7, 11) is 0. The predicted molar refractivity (Wildman–Crippen MR) is 80.4 cm³/mol. The fourth-order valence-electron chi connectivity index (χ4n) is 2.00. The van der Waals surface area contributed by atoms with Crippen LogP contribution in [0.5, 0.6) is 0 Å². The Morgan fingerprint density at radius 2 is 1.92 bits per heavy atom. The Morgan fingerprint density at radius 1 is 1.32 bits per heavy atom. The number of rotatable bonds is 5. The third-order valence-electron chi connectivity index (χ3n) is 3.15. The molecule has 0 aliphatic heterocycles. The quantitative estimate of drug-likeness (QED) is 0.474. The molecular weight excluding hydrogens is 390 g/mol. The van der Waals surface area contributed by atoms with Gasteiger partial charge in [-0.05, 0) is 19.1 Å². The zero-order valence-electron chi connectivity index (χ0n) is 12.2. The number of halogens is 5. The molecule has 0 aliphatic rings. The van der Waals surface area contributed by atoms with E-state index in [9.17, 15) is 27.6 Å². The average molecular weight is 398 g/mol. The molecule has 7 nitrogen and oxygen atoms in total. The molecule has 25 heavy (non-hydrogen) atoms. The van der Waals surface area contributed by atoms with Gasteiger partial charge in [0.2, 0.25) is 0 Å². The van der Waals surface area contributed by atoms with Crippen LogP contribution in [0.2, 0.25) is 5.02 Å². The number of carboxylic acids is 1. The largest absolute Gasteiger partial charge is 0.480 e. The molecule has 1 heterocycles. The summed E-state index contributed by atoms with van der Waals surface area (Å²) in [4.78, 5) is 34.8. The summed E-state index contributed by atoms with van der Waals surface area (Å²) in [6.45, 7) is -2.11. The number of hydrogen-bond donors (Lipinski definition) is 1. The lowest BCUT2D eigenvalue weighted by atomic mass is 10.1. The highest BCUT2D eigenvalue weighted by atomic mass is 35.5. The SMILES string of the molecule is Cc1nn(-c2cc(C(=O)C(Cl)C(=O)O)c(Cl)cc2F)c(=O)n1C(F)F. The standard InChI is InChI=1S/C13H8Cl2F3N3O4/c1-4-19-21(13(25)20(4)12(17)18)8-2-5(6(14)3-7(8)16)10(22)9(15)11(23)24/h2-3,9,12H,1H3,(H,23,24). The molecule has 2 aromatic rings. The lowest BCUT2D eigenvalue weighted by Gasteiger charge is -2.09. The molecular formula is C13H8Cl2F3N3O4. The maximum absolute atomic E-state index is 14.1. The van der Waals surface area contributed by atoms with Gasteiger partial charge >= 0.3 is 18.2 Å². The van der Waals surface area contributed by atoms with Gasteiger partial charge < -0.3 is 5.11 Å². The first kappa shape index (κ1) is 19.0. The zero-order valence-corrected chi connectivity index (χ0v) is 13.7. The summed E-state index contributed by atoms with van der Waals surface area (Å²) < 4.78 is 40.1. The Morgan fingerprint density at radius 3 is 2.40 bits per heavy atom. The molecule has 2 rings (SSSR count). The van der Waals surface area contributed by atoms with Gasteiger partial charge in [0, 0.05) is 5.56 Å². The zero-order chi connectivity index (χ0) is 19.0. The molecule has 0 spiro atoms. The maximum Gasteiger partial charge on any atom is 0.355 e. The number of hydrogen-bond acceptors (Lipinski definition) is 4. The van der Waals surface area contributed by atoms with Gasteiger partial charge in [-0.2, -0.15) is 13.5 Å². The van der Waals surface area contributed by atoms with Crippen molar-refractivity contribution in [1.29, 1.82) is 0 Å². The van der Waals surface area contributed by atoms with Gasteiger partial charge in [0.05, 0.1) is 5.02 Å². The first-order valence-electron chi connectivity index (χ1n) is 6.43. The lowest BCUT2D eigenvalue weighted by Crippen LogP contribution is -2.27. The van der Waals surface area contributed by atoms with E-state index in [1.165, 1.54) is 0 Å². The second-order valence-corrected chi connectivity index (χ2v) is 5.58. The molecule has 0 radical (unpaired) electrons. The number of alkyl halides is 3. The van der Waals surface area contributed by atoms with E-state index in [1.54, 1.807) is 0 Å². The van der Waals surface area contributed by atoms with E-state index in [1.807, 2.05) is 0 Å². The fourth-order valence-corrected chi connectivity index (χ4v) is 2.36. The van der Waals surface area contributed by atoms with Crippen LogP contribution in [0.25, 0.3) is 5.69 Å². The van der Waals surface area contributed by atoms with E-state index in [-0.39, 0.29) is 4.57 Å². The van der Waals surface area contributed by atoms with Crippen molar-refractivity contribution >= 4 is 35.0 Å². The fraction of sp³-hybridized carbons (Fsp3) is 0.231. The summed E-state index contributed by atoms with van der Waals surface area (Å²) in [5.74, 6) is -4.37. The second kappa shape index (κ2) is 6.89. The van der Waals surface area contributed by atoms with E-state index in [2.05, 4.69) is 5.10 Å². The van der Waals surface area contributed by atoms with E-state index >= 15 is 0 Å². The van der Waals surface area contributed by atoms with Crippen LogP contribution in [0.3, 0.4) is 0 Å². The van der Waals surface area contributed by atoms with Crippen molar-refractivity contribution in [3.05, 3.63) is 44.8 Å². The molecule has 1 aromatic carbocycles. The van der Waals surface area contributed by atoms with E-state index in [0.29, 0.717) is 10.7 Å². The summed E-state index contributed by atoms with van der Waals surface area (Å²) in [6.07, 6.45) is 0. The van der Waals surface area contributed by atoms with Crippen molar-refractivity contribution < 1.29 is 27.9 Å².